The number of hydrogen-bond acceptors (Lipinski definition) is 6. The average molecular weight is 432 g/mol. The van der Waals surface area contributed by atoms with Gasteiger partial charge in [-0.1, -0.05) is 91.0 Å². The van der Waals surface area contributed by atoms with Crippen molar-refractivity contribution in [2.24, 2.45) is 5.92 Å². The maximum absolute atomic E-state index is 13.1. The van der Waals surface area contributed by atoms with Gasteiger partial charge in [0, 0.05) is 0 Å². The van der Waals surface area contributed by atoms with E-state index in [9.17, 15) is 14.4 Å². The predicted molar refractivity (Wildman–Crippen MR) is 117 cm³/mol. The molecular weight excluding hydrogens is 408 g/mol. The first-order valence-corrected chi connectivity index (χ1v) is 10.1. The molecule has 0 aromatic heterocycles. The summed E-state index contributed by atoms with van der Waals surface area (Å²) < 4.78 is 15.7. The van der Waals surface area contributed by atoms with Crippen LogP contribution in [0, 0.1) is 5.92 Å². The van der Waals surface area contributed by atoms with E-state index in [1.165, 1.54) is 7.11 Å². The van der Waals surface area contributed by atoms with Crippen molar-refractivity contribution in [1.82, 2.24) is 0 Å². The zero-order valence-corrected chi connectivity index (χ0v) is 17.7. The molecule has 0 aliphatic heterocycles. The van der Waals surface area contributed by atoms with Gasteiger partial charge in [0.25, 0.3) is 0 Å². The Morgan fingerprint density at radius 1 is 0.625 bits per heavy atom. The number of ether oxygens (including phenoxy) is 3. The number of rotatable bonds is 9. The molecule has 0 saturated heterocycles. The van der Waals surface area contributed by atoms with Crippen molar-refractivity contribution >= 4 is 17.9 Å². The van der Waals surface area contributed by atoms with E-state index in [0.717, 1.165) is 11.1 Å². The second-order valence-electron chi connectivity index (χ2n) is 7.08. The summed E-state index contributed by atoms with van der Waals surface area (Å²) in [5.74, 6) is -5.16. The molecule has 6 nitrogen and oxygen atoms in total. The van der Waals surface area contributed by atoms with Crippen molar-refractivity contribution in [1.29, 1.82) is 0 Å². The number of esters is 3. The van der Waals surface area contributed by atoms with Crippen molar-refractivity contribution in [2.45, 2.75) is 19.1 Å². The normalized spacial score (nSPS) is 11.4. The summed E-state index contributed by atoms with van der Waals surface area (Å²) in [5, 5.41) is 0. The molecule has 0 heterocycles. The third-order valence-corrected chi connectivity index (χ3v) is 4.90. The maximum atomic E-state index is 13.1. The number of carbonyl (C=O) groups is 3. The summed E-state index contributed by atoms with van der Waals surface area (Å²) in [5.41, 5.74) is 1.97. The predicted octanol–water partition coefficient (Wildman–Crippen LogP) is 4.05. The molecule has 6 heteroatoms. The SMILES string of the molecule is COC(=O)C(c1ccccc1)C(C(=O)OCc1ccccc1)C(=O)OCc1ccccc1. The third-order valence-electron chi connectivity index (χ3n) is 4.90. The van der Waals surface area contributed by atoms with Gasteiger partial charge in [-0.2, -0.15) is 0 Å². The summed E-state index contributed by atoms with van der Waals surface area (Å²) in [4.78, 5) is 38.8. The zero-order valence-electron chi connectivity index (χ0n) is 17.7. The second-order valence-corrected chi connectivity index (χ2v) is 7.08. The Kier molecular flexibility index (Phi) is 8.15. The lowest BCUT2D eigenvalue weighted by Gasteiger charge is -2.23. The van der Waals surface area contributed by atoms with Gasteiger partial charge in [-0.3, -0.25) is 14.4 Å². The Balaban J connectivity index is 1.86. The van der Waals surface area contributed by atoms with Crippen LogP contribution in [0.1, 0.15) is 22.6 Å². The van der Waals surface area contributed by atoms with Crippen molar-refractivity contribution in [3.8, 4) is 0 Å². The van der Waals surface area contributed by atoms with Crippen molar-refractivity contribution < 1.29 is 28.6 Å². The molecule has 3 aromatic carbocycles. The zero-order chi connectivity index (χ0) is 22.8. The van der Waals surface area contributed by atoms with Crippen LogP contribution < -0.4 is 0 Å². The lowest BCUT2D eigenvalue weighted by Crippen LogP contribution is -2.37. The number of benzene rings is 3. The van der Waals surface area contributed by atoms with Crippen LogP contribution in [0.2, 0.25) is 0 Å². The quantitative estimate of drug-likeness (QED) is 0.288. The Morgan fingerprint density at radius 2 is 1.03 bits per heavy atom. The molecule has 1 atom stereocenters. The van der Waals surface area contributed by atoms with E-state index in [-0.39, 0.29) is 13.2 Å². The molecule has 3 rings (SSSR count). The summed E-state index contributed by atoms with van der Waals surface area (Å²) in [7, 11) is 1.21. The summed E-state index contributed by atoms with van der Waals surface area (Å²) in [6.07, 6.45) is 0. The molecule has 0 saturated carbocycles. The highest BCUT2D eigenvalue weighted by molar-refractivity contribution is 6.01. The molecule has 0 aliphatic rings. The first-order valence-electron chi connectivity index (χ1n) is 10.1. The number of carbonyl (C=O) groups excluding carboxylic acids is 3. The molecule has 0 radical (unpaired) electrons. The summed E-state index contributed by atoms with van der Waals surface area (Å²) in [6, 6.07) is 26.7. The van der Waals surface area contributed by atoms with Gasteiger partial charge in [-0.05, 0) is 16.7 Å². The van der Waals surface area contributed by atoms with Crippen LogP contribution in [0.25, 0.3) is 0 Å². The molecule has 0 N–H and O–H groups in total. The highest BCUT2D eigenvalue weighted by Crippen LogP contribution is 2.29. The largest absolute Gasteiger partial charge is 0.469 e. The monoisotopic (exact) mass is 432 g/mol. The van der Waals surface area contributed by atoms with E-state index < -0.39 is 29.7 Å². The smallest absolute Gasteiger partial charge is 0.321 e. The first kappa shape index (κ1) is 22.7. The fraction of sp³-hybridized carbons (Fsp3) is 0.192. The van der Waals surface area contributed by atoms with Gasteiger partial charge in [0.15, 0.2) is 5.92 Å². The fourth-order valence-corrected chi connectivity index (χ4v) is 3.26. The second kappa shape index (κ2) is 11.5. The van der Waals surface area contributed by atoms with E-state index in [0.29, 0.717) is 5.56 Å². The topological polar surface area (TPSA) is 78.9 Å². The molecule has 32 heavy (non-hydrogen) atoms. The molecule has 3 aromatic rings. The first-order chi connectivity index (χ1) is 15.6. The van der Waals surface area contributed by atoms with Gasteiger partial charge >= 0.3 is 17.9 Å². The molecular formula is C26H24O6. The van der Waals surface area contributed by atoms with Gasteiger partial charge in [0.2, 0.25) is 0 Å². The number of methoxy groups -OCH3 is 1. The minimum Gasteiger partial charge on any atom is -0.469 e. The third kappa shape index (κ3) is 6.04. The average Bonchev–Trinajstić information content (AvgIpc) is 2.85. The maximum Gasteiger partial charge on any atom is 0.321 e. The van der Waals surface area contributed by atoms with Crippen LogP contribution >= 0.6 is 0 Å². The Labute approximate surface area is 186 Å². The van der Waals surface area contributed by atoms with E-state index in [4.69, 9.17) is 14.2 Å². The van der Waals surface area contributed by atoms with Gasteiger partial charge in [-0.15, -0.1) is 0 Å². The molecule has 0 amide bonds. The lowest BCUT2D eigenvalue weighted by molar-refractivity contribution is -0.169. The highest BCUT2D eigenvalue weighted by Gasteiger charge is 2.43. The minimum absolute atomic E-state index is 0.0369. The Morgan fingerprint density at radius 3 is 1.44 bits per heavy atom. The minimum atomic E-state index is -1.52. The van der Waals surface area contributed by atoms with Crippen molar-refractivity contribution in [3.63, 3.8) is 0 Å². The fourth-order valence-electron chi connectivity index (χ4n) is 3.26. The molecule has 0 bridgehead atoms. The van der Waals surface area contributed by atoms with Gasteiger partial charge in [0.1, 0.15) is 19.1 Å². The van der Waals surface area contributed by atoms with Gasteiger partial charge < -0.3 is 14.2 Å². The van der Waals surface area contributed by atoms with E-state index in [1.54, 1.807) is 54.6 Å². The molecule has 0 fully saturated rings. The molecule has 0 spiro atoms. The summed E-state index contributed by atoms with van der Waals surface area (Å²) in [6.45, 7) is -0.0738. The van der Waals surface area contributed by atoms with Crippen LogP contribution in [0.15, 0.2) is 91.0 Å². The highest BCUT2D eigenvalue weighted by atomic mass is 16.6. The molecule has 0 aliphatic carbocycles. The van der Waals surface area contributed by atoms with Crippen molar-refractivity contribution in [2.75, 3.05) is 7.11 Å². The lowest BCUT2D eigenvalue weighted by atomic mass is 9.85. The van der Waals surface area contributed by atoms with E-state index >= 15 is 0 Å². The van der Waals surface area contributed by atoms with Crippen LogP contribution in [0.3, 0.4) is 0 Å². The van der Waals surface area contributed by atoms with Crippen LogP contribution in [0.4, 0.5) is 0 Å². The molecule has 1 unspecified atom stereocenters. The van der Waals surface area contributed by atoms with Crippen molar-refractivity contribution in [3.05, 3.63) is 108 Å². The van der Waals surface area contributed by atoms with Crippen LogP contribution in [0.5, 0.6) is 0 Å². The van der Waals surface area contributed by atoms with Gasteiger partial charge in [0.05, 0.1) is 7.11 Å². The van der Waals surface area contributed by atoms with Gasteiger partial charge in [-0.25, -0.2) is 0 Å². The Hall–Kier alpha value is -3.93. The Bertz CT molecular complexity index is 962. The number of hydrogen-bond donors (Lipinski definition) is 0. The summed E-state index contributed by atoms with van der Waals surface area (Å²) >= 11 is 0. The standard InChI is InChI=1S/C26H24O6/c1-30-24(27)22(21-15-9-4-10-16-21)23(25(28)31-17-19-11-5-2-6-12-19)26(29)32-18-20-13-7-3-8-14-20/h2-16,22-23H,17-18H2,1H3. The van der Waals surface area contributed by atoms with E-state index in [1.807, 2.05) is 36.4 Å². The van der Waals surface area contributed by atoms with Crippen LogP contribution in [-0.4, -0.2) is 25.0 Å². The molecule has 164 valence electrons. The van der Waals surface area contributed by atoms with Crippen LogP contribution in [-0.2, 0) is 41.8 Å². The van der Waals surface area contributed by atoms with E-state index in [2.05, 4.69) is 0 Å².